The third-order valence-corrected chi connectivity index (χ3v) is 2.38. The number of rotatable bonds is 3. The number of alkyl carbamates (subject to hydrolysis) is 1. The minimum atomic E-state index is -0.343. The van der Waals surface area contributed by atoms with Crippen molar-refractivity contribution in [2.75, 3.05) is 39.5 Å². The second-order valence-corrected chi connectivity index (χ2v) is 5.66. The van der Waals surface area contributed by atoms with Gasteiger partial charge in [0, 0.05) is 25.6 Å². The SMILES string of the molecule is CC(C)(C)COC(=O)NCC1CNCCOC1.Cl. The summed E-state index contributed by atoms with van der Waals surface area (Å²) in [4.78, 5) is 11.4. The lowest BCUT2D eigenvalue weighted by molar-refractivity contribution is 0.0990. The molecule has 1 rings (SSSR count). The Kier molecular flexibility index (Phi) is 8.31. The highest BCUT2D eigenvalue weighted by atomic mass is 35.5. The molecule has 5 nitrogen and oxygen atoms in total. The van der Waals surface area contributed by atoms with Gasteiger partial charge in [0.2, 0.25) is 0 Å². The molecule has 1 heterocycles. The molecule has 0 spiro atoms. The summed E-state index contributed by atoms with van der Waals surface area (Å²) in [7, 11) is 0. The number of hydrogen-bond donors (Lipinski definition) is 2. The number of carbonyl (C=O) groups is 1. The molecule has 2 N–H and O–H groups in total. The average Bonchev–Trinajstić information content (AvgIpc) is 2.51. The van der Waals surface area contributed by atoms with E-state index in [0.717, 1.165) is 19.7 Å². The van der Waals surface area contributed by atoms with E-state index >= 15 is 0 Å². The van der Waals surface area contributed by atoms with Gasteiger partial charge >= 0.3 is 6.09 Å². The summed E-state index contributed by atoms with van der Waals surface area (Å²) < 4.78 is 10.5. The van der Waals surface area contributed by atoms with E-state index in [4.69, 9.17) is 9.47 Å². The minimum Gasteiger partial charge on any atom is -0.449 e. The largest absolute Gasteiger partial charge is 0.449 e. The second kappa shape index (κ2) is 8.56. The van der Waals surface area contributed by atoms with Crippen LogP contribution in [0.2, 0.25) is 0 Å². The van der Waals surface area contributed by atoms with Crippen molar-refractivity contribution < 1.29 is 14.3 Å². The molecule has 6 heteroatoms. The van der Waals surface area contributed by atoms with Gasteiger partial charge in [-0.3, -0.25) is 0 Å². The molecule has 1 aliphatic rings. The standard InChI is InChI=1S/C12H24N2O3.ClH/c1-12(2,3)9-17-11(15)14-7-10-6-13-4-5-16-8-10;/h10,13H,4-9H2,1-3H3,(H,14,15);1H. The topological polar surface area (TPSA) is 59.6 Å². The molecular weight excluding hydrogens is 256 g/mol. The normalized spacial score (nSPS) is 20.5. The molecule has 108 valence electrons. The van der Waals surface area contributed by atoms with Crippen LogP contribution in [0.4, 0.5) is 4.79 Å². The van der Waals surface area contributed by atoms with Crippen LogP contribution in [0.3, 0.4) is 0 Å². The van der Waals surface area contributed by atoms with Crippen LogP contribution >= 0.6 is 12.4 Å². The van der Waals surface area contributed by atoms with E-state index in [1.54, 1.807) is 0 Å². The Morgan fingerprint density at radius 3 is 2.89 bits per heavy atom. The Hall–Kier alpha value is -0.520. The summed E-state index contributed by atoms with van der Waals surface area (Å²) in [5, 5.41) is 6.03. The van der Waals surface area contributed by atoms with Gasteiger partial charge in [0.1, 0.15) is 0 Å². The Bertz CT molecular complexity index is 236. The first-order valence-electron chi connectivity index (χ1n) is 6.16. The van der Waals surface area contributed by atoms with Crippen molar-refractivity contribution >= 4 is 18.5 Å². The first-order chi connectivity index (χ1) is 7.97. The smallest absolute Gasteiger partial charge is 0.407 e. The van der Waals surface area contributed by atoms with Gasteiger partial charge in [-0.05, 0) is 5.41 Å². The fraction of sp³-hybridized carbons (Fsp3) is 0.917. The molecule has 0 aliphatic carbocycles. The van der Waals surface area contributed by atoms with Gasteiger partial charge in [-0.25, -0.2) is 4.79 Å². The van der Waals surface area contributed by atoms with E-state index < -0.39 is 0 Å². The van der Waals surface area contributed by atoms with Crippen molar-refractivity contribution in [3.8, 4) is 0 Å². The predicted octanol–water partition coefficient (Wildman–Crippen LogP) is 1.42. The van der Waals surface area contributed by atoms with Crippen LogP contribution in [0.1, 0.15) is 20.8 Å². The molecule has 0 aromatic carbocycles. The van der Waals surface area contributed by atoms with Gasteiger partial charge in [0.05, 0.1) is 19.8 Å². The molecule has 0 aromatic heterocycles. The first-order valence-corrected chi connectivity index (χ1v) is 6.16. The van der Waals surface area contributed by atoms with Crippen LogP contribution in [0.5, 0.6) is 0 Å². The van der Waals surface area contributed by atoms with E-state index in [9.17, 15) is 4.79 Å². The van der Waals surface area contributed by atoms with Crippen molar-refractivity contribution in [3.05, 3.63) is 0 Å². The Balaban J connectivity index is 0.00000289. The molecule has 1 saturated heterocycles. The summed E-state index contributed by atoms with van der Waals surface area (Å²) >= 11 is 0. The highest BCUT2D eigenvalue weighted by Crippen LogP contribution is 2.12. The number of ether oxygens (including phenoxy) is 2. The molecule has 0 radical (unpaired) electrons. The number of nitrogens with one attached hydrogen (secondary N) is 2. The zero-order chi connectivity index (χ0) is 12.7. The summed E-state index contributed by atoms with van der Waals surface area (Å²) in [5.74, 6) is 0.319. The number of amides is 1. The molecular formula is C12H25ClN2O3. The third-order valence-electron chi connectivity index (χ3n) is 2.38. The molecule has 1 amide bonds. The first kappa shape index (κ1) is 17.5. The fourth-order valence-corrected chi connectivity index (χ4v) is 1.45. The van der Waals surface area contributed by atoms with Gasteiger partial charge in [0.25, 0.3) is 0 Å². The van der Waals surface area contributed by atoms with E-state index in [0.29, 0.717) is 25.7 Å². The molecule has 0 aromatic rings. The molecule has 0 saturated carbocycles. The second-order valence-electron chi connectivity index (χ2n) is 5.66. The maximum Gasteiger partial charge on any atom is 0.407 e. The quantitative estimate of drug-likeness (QED) is 0.821. The van der Waals surface area contributed by atoms with Crippen molar-refractivity contribution in [2.45, 2.75) is 20.8 Å². The predicted molar refractivity (Wildman–Crippen MR) is 73.2 cm³/mol. The van der Waals surface area contributed by atoms with Crippen LogP contribution in [0, 0.1) is 11.3 Å². The summed E-state index contributed by atoms with van der Waals surface area (Å²) in [6, 6.07) is 0. The maximum absolute atomic E-state index is 11.4. The zero-order valence-electron chi connectivity index (χ0n) is 11.5. The lowest BCUT2D eigenvalue weighted by Gasteiger charge is -2.19. The average molecular weight is 281 g/mol. The zero-order valence-corrected chi connectivity index (χ0v) is 12.3. The van der Waals surface area contributed by atoms with Gasteiger partial charge < -0.3 is 20.1 Å². The molecule has 1 unspecified atom stereocenters. The van der Waals surface area contributed by atoms with Gasteiger partial charge in [-0.2, -0.15) is 0 Å². The summed E-state index contributed by atoms with van der Waals surface area (Å²) in [6.45, 7) is 10.3. The minimum absolute atomic E-state index is 0. The van der Waals surface area contributed by atoms with Crippen molar-refractivity contribution in [1.29, 1.82) is 0 Å². The number of halogens is 1. The molecule has 1 atom stereocenters. The van der Waals surface area contributed by atoms with Crippen molar-refractivity contribution in [3.63, 3.8) is 0 Å². The monoisotopic (exact) mass is 280 g/mol. The van der Waals surface area contributed by atoms with E-state index in [-0.39, 0.29) is 23.9 Å². The molecule has 1 fully saturated rings. The fourth-order valence-electron chi connectivity index (χ4n) is 1.45. The molecule has 18 heavy (non-hydrogen) atoms. The van der Waals surface area contributed by atoms with Crippen molar-refractivity contribution in [1.82, 2.24) is 10.6 Å². The Morgan fingerprint density at radius 2 is 2.22 bits per heavy atom. The summed E-state index contributed by atoms with van der Waals surface area (Å²) in [6.07, 6.45) is -0.343. The summed E-state index contributed by atoms with van der Waals surface area (Å²) in [5.41, 5.74) is 0.00429. The van der Waals surface area contributed by atoms with Crippen molar-refractivity contribution in [2.24, 2.45) is 11.3 Å². The number of carbonyl (C=O) groups excluding carboxylic acids is 1. The lowest BCUT2D eigenvalue weighted by Crippen LogP contribution is -2.36. The van der Waals surface area contributed by atoms with Crippen LogP contribution in [-0.4, -0.2) is 45.5 Å². The van der Waals surface area contributed by atoms with Crippen LogP contribution < -0.4 is 10.6 Å². The molecule has 1 aliphatic heterocycles. The van der Waals surface area contributed by atoms with Gasteiger partial charge in [-0.15, -0.1) is 12.4 Å². The van der Waals surface area contributed by atoms with E-state index in [2.05, 4.69) is 10.6 Å². The highest BCUT2D eigenvalue weighted by Gasteiger charge is 2.16. The van der Waals surface area contributed by atoms with Crippen LogP contribution in [-0.2, 0) is 9.47 Å². The number of hydrogen-bond acceptors (Lipinski definition) is 4. The van der Waals surface area contributed by atoms with E-state index in [1.807, 2.05) is 20.8 Å². The van der Waals surface area contributed by atoms with Crippen LogP contribution in [0.25, 0.3) is 0 Å². The van der Waals surface area contributed by atoms with Gasteiger partial charge in [-0.1, -0.05) is 20.8 Å². The molecule has 0 bridgehead atoms. The van der Waals surface area contributed by atoms with Gasteiger partial charge in [0.15, 0.2) is 0 Å². The maximum atomic E-state index is 11.4. The lowest BCUT2D eigenvalue weighted by atomic mass is 9.99. The Labute approximate surface area is 115 Å². The van der Waals surface area contributed by atoms with Crippen LogP contribution in [0.15, 0.2) is 0 Å². The third kappa shape index (κ3) is 8.55. The van der Waals surface area contributed by atoms with E-state index in [1.165, 1.54) is 0 Å². The Morgan fingerprint density at radius 1 is 1.50 bits per heavy atom. The highest BCUT2D eigenvalue weighted by molar-refractivity contribution is 5.85.